The molecule has 32 heavy (non-hydrogen) atoms. The summed E-state index contributed by atoms with van der Waals surface area (Å²) in [6.07, 6.45) is 6.62. The van der Waals surface area contributed by atoms with Crippen LogP contribution < -0.4 is 0 Å². The van der Waals surface area contributed by atoms with Crippen molar-refractivity contribution < 1.29 is 28.9 Å². The van der Waals surface area contributed by atoms with Gasteiger partial charge in [-0.1, -0.05) is 38.7 Å². The molecule has 6 atom stereocenters. The Labute approximate surface area is 187 Å². The number of amides is 2. The van der Waals surface area contributed by atoms with E-state index in [0.29, 0.717) is 24.8 Å². The van der Waals surface area contributed by atoms with Gasteiger partial charge in [0.05, 0.1) is 17.9 Å². The number of phenols is 1. The fourth-order valence-corrected chi connectivity index (χ4v) is 6.81. The minimum atomic E-state index is -1.52. The van der Waals surface area contributed by atoms with Crippen molar-refractivity contribution in [2.45, 2.75) is 82.6 Å². The lowest BCUT2D eigenvalue weighted by molar-refractivity contribution is -0.270. The van der Waals surface area contributed by atoms with Crippen molar-refractivity contribution in [1.82, 2.24) is 4.90 Å². The van der Waals surface area contributed by atoms with Gasteiger partial charge in [0.15, 0.2) is 17.4 Å². The highest BCUT2D eigenvalue weighted by Crippen LogP contribution is 2.59. The standard InChI is InChI=1S/C25H32FNO5/c1-2-6-15-12-17-22(24(30)27(23(17)29)16-7-4-3-5-8-16)18-13-21(32-25(15,18)31)14-9-10-20(28)19(26)11-14/h9-11,15-18,21-22,28,31H,2-8,12-13H2,1H3/t15-,17-,18-,21-,22-,25+/m0/s1. The number of imide groups is 1. The molecular formula is C25H32FNO5. The Morgan fingerprint density at radius 2 is 1.91 bits per heavy atom. The van der Waals surface area contributed by atoms with E-state index < -0.39 is 41.2 Å². The highest BCUT2D eigenvalue weighted by molar-refractivity contribution is 6.05. The Morgan fingerprint density at radius 1 is 1.16 bits per heavy atom. The first-order chi connectivity index (χ1) is 15.3. The van der Waals surface area contributed by atoms with Gasteiger partial charge < -0.3 is 14.9 Å². The summed E-state index contributed by atoms with van der Waals surface area (Å²) in [5.41, 5.74) is 0.524. The van der Waals surface area contributed by atoms with Crippen LogP contribution in [0.15, 0.2) is 18.2 Å². The predicted octanol–water partition coefficient (Wildman–Crippen LogP) is 4.05. The Morgan fingerprint density at radius 3 is 2.59 bits per heavy atom. The first kappa shape index (κ1) is 21.8. The van der Waals surface area contributed by atoms with E-state index in [0.717, 1.165) is 38.5 Å². The SMILES string of the molecule is CCC[C@H]1C[C@@H]2C(=O)N(C3CCCCC3)C(=O)[C@@H]2[C@@H]2C[C@@H](c3ccc(O)c(F)c3)O[C@]12O. The number of aliphatic hydroxyl groups is 1. The number of carbonyl (C=O) groups excluding carboxylic acids is 2. The third kappa shape index (κ3) is 3.27. The number of likely N-dealkylation sites (tertiary alicyclic amines) is 1. The number of rotatable bonds is 4. The summed E-state index contributed by atoms with van der Waals surface area (Å²) in [6.45, 7) is 2.03. The largest absolute Gasteiger partial charge is 0.505 e. The van der Waals surface area contributed by atoms with Gasteiger partial charge in [0, 0.05) is 17.9 Å². The topological polar surface area (TPSA) is 87.1 Å². The number of halogens is 1. The zero-order valence-corrected chi connectivity index (χ0v) is 18.5. The Kier molecular flexibility index (Phi) is 5.53. The van der Waals surface area contributed by atoms with Gasteiger partial charge in [-0.2, -0.15) is 0 Å². The van der Waals surface area contributed by atoms with Crippen molar-refractivity contribution in [3.63, 3.8) is 0 Å². The molecule has 7 heteroatoms. The molecule has 2 aliphatic carbocycles. The van der Waals surface area contributed by atoms with Crippen LogP contribution in [0.3, 0.4) is 0 Å². The molecule has 2 saturated carbocycles. The Bertz CT molecular complexity index is 916. The number of benzene rings is 1. The van der Waals surface area contributed by atoms with Crippen LogP contribution >= 0.6 is 0 Å². The van der Waals surface area contributed by atoms with Gasteiger partial charge in [0.1, 0.15) is 0 Å². The number of nitrogens with zero attached hydrogens (tertiary/aromatic N) is 1. The van der Waals surface area contributed by atoms with Crippen molar-refractivity contribution in [2.24, 2.45) is 23.7 Å². The van der Waals surface area contributed by atoms with Crippen LogP contribution in [0.4, 0.5) is 4.39 Å². The molecule has 4 fully saturated rings. The summed E-state index contributed by atoms with van der Waals surface area (Å²) in [7, 11) is 0. The quantitative estimate of drug-likeness (QED) is 0.683. The first-order valence-corrected chi connectivity index (χ1v) is 12.1. The van der Waals surface area contributed by atoms with Crippen molar-refractivity contribution in [2.75, 3.05) is 0 Å². The second-order valence-corrected chi connectivity index (χ2v) is 10.1. The van der Waals surface area contributed by atoms with Crippen LogP contribution in [0, 0.1) is 29.5 Å². The van der Waals surface area contributed by atoms with Gasteiger partial charge in [0.2, 0.25) is 11.8 Å². The van der Waals surface area contributed by atoms with Gasteiger partial charge >= 0.3 is 0 Å². The maximum Gasteiger partial charge on any atom is 0.233 e. The summed E-state index contributed by atoms with van der Waals surface area (Å²) in [6, 6.07) is 4.06. The number of hydrogen-bond acceptors (Lipinski definition) is 5. The highest BCUT2D eigenvalue weighted by Gasteiger charge is 2.66. The van der Waals surface area contributed by atoms with E-state index in [-0.39, 0.29) is 23.8 Å². The molecule has 1 aromatic carbocycles. The molecule has 2 aliphatic heterocycles. The minimum absolute atomic E-state index is 0.0311. The maximum atomic E-state index is 14.0. The molecule has 0 unspecified atom stereocenters. The molecule has 5 rings (SSSR count). The molecule has 2 heterocycles. The zero-order chi connectivity index (χ0) is 22.6. The summed E-state index contributed by atoms with van der Waals surface area (Å²) < 4.78 is 20.2. The van der Waals surface area contributed by atoms with Gasteiger partial charge in [-0.3, -0.25) is 14.5 Å². The summed E-state index contributed by atoms with van der Waals surface area (Å²) in [5, 5.41) is 21.3. The molecule has 6 nitrogen and oxygen atoms in total. The molecule has 0 spiro atoms. The molecule has 0 aromatic heterocycles. The van der Waals surface area contributed by atoms with Crippen molar-refractivity contribution in [1.29, 1.82) is 0 Å². The van der Waals surface area contributed by atoms with Gasteiger partial charge in [-0.15, -0.1) is 0 Å². The second kappa shape index (κ2) is 8.10. The molecule has 1 aromatic rings. The number of phenolic OH excluding ortho intramolecular Hbond substituents is 1. The van der Waals surface area contributed by atoms with E-state index in [1.165, 1.54) is 17.0 Å². The van der Waals surface area contributed by atoms with Crippen LogP contribution in [0.25, 0.3) is 0 Å². The van der Waals surface area contributed by atoms with Crippen LogP contribution in [0.5, 0.6) is 5.75 Å². The molecule has 2 N–H and O–H groups in total. The second-order valence-electron chi connectivity index (χ2n) is 10.1. The normalized spacial score (nSPS) is 37.6. The molecular weight excluding hydrogens is 413 g/mol. The molecule has 174 valence electrons. The lowest BCUT2D eigenvalue weighted by atomic mass is 9.63. The van der Waals surface area contributed by atoms with E-state index in [1.54, 1.807) is 6.07 Å². The van der Waals surface area contributed by atoms with Crippen molar-refractivity contribution in [3.05, 3.63) is 29.6 Å². The van der Waals surface area contributed by atoms with E-state index in [2.05, 4.69) is 0 Å². The zero-order valence-electron chi connectivity index (χ0n) is 18.5. The van der Waals surface area contributed by atoms with Crippen LogP contribution in [-0.4, -0.2) is 38.8 Å². The van der Waals surface area contributed by atoms with Crippen molar-refractivity contribution >= 4 is 11.8 Å². The van der Waals surface area contributed by atoms with E-state index in [4.69, 9.17) is 4.74 Å². The van der Waals surface area contributed by atoms with Crippen LogP contribution in [-0.2, 0) is 14.3 Å². The fraction of sp³-hybridized carbons (Fsp3) is 0.680. The first-order valence-electron chi connectivity index (χ1n) is 12.1. The number of ether oxygens (including phenoxy) is 1. The Balaban J connectivity index is 1.48. The number of hydrogen-bond donors (Lipinski definition) is 2. The fourth-order valence-electron chi connectivity index (χ4n) is 6.81. The van der Waals surface area contributed by atoms with E-state index in [9.17, 15) is 24.2 Å². The number of carbonyl (C=O) groups is 2. The average molecular weight is 446 g/mol. The lowest BCUT2D eigenvalue weighted by Gasteiger charge is -2.44. The van der Waals surface area contributed by atoms with Crippen molar-refractivity contribution in [3.8, 4) is 5.75 Å². The summed E-state index contributed by atoms with van der Waals surface area (Å²) in [5.74, 6) is -4.70. The van der Waals surface area contributed by atoms with Gasteiger partial charge in [0.25, 0.3) is 0 Å². The minimum Gasteiger partial charge on any atom is -0.505 e. The molecule has 2 amide bonds. The van der Waals surface area contributed by atoms with Crippen LogP contribution in [0.2, 0.25) is 0 Å². The smallest absolute Gasteiger partial charge is 0.233 e. The average Bonchev–Trinajstić information content (AvgIpc) is 3.26. The molecule has 4 aliphatic rings. The van der Waals surface area contributed by atoms with E-state index >= 15 is 0 Å². The molecule has 2 saturated heterocycles. The summed E-state index contributed by atoms with van der Waals surface area (Å²) in [4.78, 5) is 28.5. The Hall–Kier alpha value is -1.99. The van der Waals surface area contributed by atoms with Gasteiger partial charge in [-0.25, -0.2) is 4.39 Å². The predicted molar refractivity (Wildman–Crippen MR) is 114 cm³/mol. The number of aromatic hydroxyl groups is 1. The monoisotopic (exact) mass is 445 g/mol. The molecule has 0 bridgehead atoms. The molecule has 0 radical (unpaired) electrons. The third-order valence-electron chi connectivity index (χ3n) is 8.32. The lowest BCUT2D eigenvalue weighted by Crippen LogP contribution is -2.53. The van der Waals surface area contributed by atoms with Crippen LogP contribution in [0.1, 0.15) is 76.4 Å². The third-order valence-corrected chi connectivity index (χ3v) is 8.32. The highest BCUT2D eigenvalue weighted by atomic mass is 19.1. The van der Waals surface area contributed by atoms with Gasteiger partial charge in [-0.05, 0) is 49.8 Å². The maximum absolute atomic E-state index is 14.0. The summed E-state index contributed by atoms with van der Waals surface area (Å²) >= 11 is 0. The van der Waals surface area contributed by atoms with E-state index in [1.807, 2.05) is 6.92 Å². The number of fused-ring (bicyclic) bond motifs is 3.